The summed E-state index contributed by atoms with van der Waals surface area (Å²) in [6, 6.07) is 13.9. The average Bonchev–Trinajstić information content (AvgIpc) is 3.17. The lowest BCUT2D eigenvalue weighted by Crippen LogP contribution is -2.34. The van der Waals surface area contributed by atoms with Crippen molar-refractivity contribution >= 4 is 39.8 Å². The molecule has 3 aromatic rings. The minimum absolute atomic E-state index is 0.0239. The highest BCUT2D eigenvalue weighted by Crippen LogP contribution is 2.27. The topological polar surface area (TPSA) is 53.2 Å². The van der Waals surface area contributed by atoms with Gasteiger partial charge in [0.1, 0.15) is 0 Å². The number of aromatic amines is 1. The minimum Gasteiger partial charge on any atom is -0.360 e. The van der Waals surface area contributed by atoms with E-state index in [0.717, 1.165) is 22.9 Å². The van der Waals surface area contributed by atoms with Gasteiger partial charge in [0.25, 0.3) is 0 Å². The van der Waals surface area contributed by atoms with Gasteiger partial charge >= 0.3 is 0 Å². The molecule has 1 aliphatic heterocycles. The van der Waals surface area contributed by atoms with E-state index in [2.05, 4.69) is 23.2 Å². The monoisotopic (exact) mass is 406 g/mol. The minimum atomic E-state index is -0.0382. The summed E-state index contributed by atoms with van der Waals surface area (Å²) >= 11 is 6.15. The molecule has 1 N–H and O–H groups in total. The van der Waals surface area contributed by atoms with E-state index in [9.17, 15) is 9.59 Å². The van der Waals surface area contributed by atoms with Gasteiger partial charge in [0.2, 0.25) is 5.91 Å². The van der Waals surface area contributed by atoms with Crippen molar-refractivity contribution in [2.24, 2.45) is 0 Å². The molecule has 5 heteroatoms. The second-order valence-corrected chi connectivity index (χ2v) is 7.89. The van der Waals surface area contributed by atoms with E-state index in [-0.39, 0.29) is 24.5 Å². The van der Waals surface area contributed by atoms with Crippen molar-refractivity contribution in [2.75, 3.05) is 13.1 Å². The molecule has 2 heterocycles. The molecule has 0 aliphatic carbocycles. The van der Waals surface area contributed by atoms with Crippen LogP contribution >= 0.6 is 11.6 Å². The summed E-state index contributed by atoms with van der Waals surface area (Å²) in [6.07, 6.45) is 5.09. The maximum atomic E-state index is 12.7. The second-order valence-electron chi connectivity index (χ2n) is 7.46. The molecule has 0 bridgehead atoms. The van der Waals surface area contributed by atoms with Gasteiger partial charge in [-0.05, 0) is 42.2 Å². The third-order valence-electron chi connectivity index (χ3n) is 5.52. The number of aryl methyl sites for hydroxylation is 1. The van der Waals surface area contributed by atoms with Crippen molar-refractivity contribution in [3.8, 4) is 0 Å². The zero-order valence-corrected chi connectivity index (χ0v) is 17.1. The molecule has 0 fully saturated rings. The molecule has 0 radical (unpaired) electrons. The molecule has 0 saturated heterocycles. The number of nitrogens with one attached hydrogen (secondary N) is 1. The SMILES string of the molecule is Cc1cc(Cl)cc2c(C(=O)CCC(=O)N3CC=C(c4ccccc4)CC3)c[nH]c12. The predicted octanol–water partition coefficient (Wildman–Crippen LogP) is 5.41. The maximum Gasteiger partial charge on any atom is 0.223 e. The fourth-order valence-electron chi connectivity index (χ4n) is 3.92. The van der Waals surface area contributed by atoms with Crippen molar-refractivity contribution in [3.63, 3.8) is 0 Å². The van der Waals surface area contributed by atoms with Crippen molar-refractivity contribution < 1.29 is 9.59 Å². The Labute approximate surface area is 175 Å². The van der Waals surface area contributed by atoms with Gasteiger partial charge < -0.3 is 9.88 Å². The van der Waals surface area contributed by atoms with Crippen LogP contribution < -0.4 is 0 Å². The fourth-order valence-corrected chi connectivity index (χ4v) is 4.20. The fraction of sp³-hybridized carbons (Fsp3) is 0.250. The Bertz CT molecular complexity index is 1100. The molecular formula is C24H23ClN2O2. The number of amides is 1. The number of ketones is 1. The number of aromatic nitrogens is 1. The Hall–Kier alpha value is -2.85. The zero-order valence-electron chi connectivity index (χ0n) is 16.4. The van der Waals surface area contributed by atoms with Crippen LogP contribution in [0.15, 0.2) is 54.7 Å². The highest BCUT2D eigenvalue weighted by molar-refractivity contribution is 6.31. The van der Waals surface area contributed by atoms with Crippen LogP contribution in [0.3, 0.4) is 0 Å². The van der Waals surface area contributed by atoms with Crippen LogP contribution in [0.1, 0.15) is 40.7 Å². The number of benzene rings is 2. The molecule has 2 aromatic carbocycles. The quantitative estimate of drug-likeness (QED) is 0.576. The number of halogens is 1. The number of rotatable bonds is 5. The average molecular weight is 407 g/mol. The van der Waals surface area contributed by atoms with Crippen molar-refractivity contribution in [3.05, 3.63) is 76.5 Å². The zero-order chi connectivity index (χ0) is 20.4. The molecule has 29 heavy (non-hydrogen) atoms. The van der Waals surface area contributed by atoms with Crippen LogP contribution in [0.25, 0.3) is 16.5 Å². The van der Waals surface area contributed by atoms with Gasteiger partial charge in [0.05, 0.1) is 0 Å². The number of hydrogen-bond donors (Lipinski definition) is 1. The van der Waals surface area contributed by atoms with Crippen LogP contribution in [0.5, 0.6) is 0 Å². The standard InChI is InChI=1S/C24H23ClN2O2/c1-16-13-19(25)14-20-21(15-26-24(16)20)22(28)7-8-23(29)27-11-9-18(10-12-27)17-5-3-2-4-6-17/h2-6,9,13-15,26H,7-8,10-12H2,1H3. The van der Waals surface area contributed by atoms with Crippen LogP contribution in [0.2, 0.25) is 5.02 Å². The molecule has 0 saturated carbocycles. The lowest BCUT2D eigenvalue weighted by Gasteiger charge is -2.26. The van der Waals surface area contributed by atoms with E-state index >= 15 is 0 Å². The van der Waals surface area contributed by atoms with Gasteiger partial charge in [-0.3, -0.25) is 9.59 Å². The highest BCUT2D eigenvalue weighted by atomic mass is 35.5. The third-order valence-corrected chi connectivity index (χ3v) is 5.74. The lowest BCUT2D eigenvalue weighted by atomic mass is 9.99. The molecule has 0 spiro atoms. The summed E-state index contributed by atoms with van der Waals surface area (Å²) in [6.45, 7) is 3.24. The molecule has 148 valence electrons. The van der Waals surface area contributed by atoms with Gasteiger partial charge in [-0.15, -0.1) is 0 Å². The summed E-state index contributed by atoms with van der Waals surface area (Å²) in [4.78, 5) is 30.3. The molecular weight excluding hydrogens is 384 g/mol. The van der Waals surface area contributed by atoms with Crippen LogP contribution in [-0.4, -0.2) is 34.7 Å². The largest absolute Gasteiger partial charge is 0.360 e. The number of carbonyl (C=O) groups is 2. The van der Waals surface area contributed by atoms with E-state index < -0.39 is 0 Å². The van der Waals surface area contributed by atoms with E-state index in [1.807, 2.05) is 36.1 Å². The Kier molecular flexibility index (Phi) is 5.54. The Morgan fingerprint density at radius 3 is 2.66 bits per heavy atom. The maximum absolute atomic E-state index is 12.7. The molecule has 0 atom stereocenters. The molecule has 4 nitrogen and oxygen atoms in total. The first-order valence-corrected chi connectivity index (χ1v) is 10.2. The third kappa shape index (κ3) is 4.13. The lowest BCUT2D eigenvalue weighted by molar-refractivity contribution is -0.130. The van der Waals surface area contributed by atoms with Crippen LogP contribution in [0.4, 0.5) is 0 Å². The van der Waals surface area contributed by atoms with Crippen molar-refractivity contribution in [2.45, 2.75) is 26.2 Å². The first-order valence-electron chi connectivity index (χ1n) is 9.85. The number of H-pyrrole nitrogens is 1. The molecule has 1 aliphatic rings. The molecule has 4 rings (SSSR count). The first-order chi connectivity index (χ1) is 14.0. The Morgan fingerprint density at radius 1 is 1.14 bits per heavy atom. The summed E-state index contributed by atoms with van der Waals surface area (Å²) in [5, 5.41) is 1.43. The van der Waals surface area contributed by atoms with Crippen LogP contribution in [0, 0.1) is 6.92 Å². The van der Waals surface area contributed by atoms with E-state index in [1.54, 1.807) is 12.3 Å². The van der Waals surface area contributed by atoms with Gasteiger partial charge in [-0.25, -0.2) is 0 Å². The van der Waals surface area contributed by atoms with E-state index in [1.165, 1.54) is 11.1 Å². The number of fused-ring (bicyclic) bond motifs is 1. The summed E-state index contributed by atoms with van der Waals surface area (Å²) in [5.41, 5.74) is 5.00. The number of Topliss-reactive ketones (excluding diaryl/α,β-unsaturated/α-hetero) is 1. The summed E-state index contributed by atoms with van der Waals surface area (Å²) in [7, 11) is 0. The molecule has 1 aromatic heterocycles. The van der Waals surface area contributed by atoms with Gasteiger partial charge in [-0.2, -0.15) is 0 Å². The van der Waals surface area contributed by atoms with Gasteiger partial charge in [0.15, 0.2) is 5.78 Å². The van der Waals surface area contributed by atoms with Crippen LogP contribution in [-0.2, 0) is 4.79 Å². The van der Waals surface area contributed by atoms with Crippen molar-refractivity contribution in [1.29, 1.82) is 0 Å². The smallest absolute Gasteiger partial charge is 0.223 e. The first kappa shape index (κ1) is 19.5. The molecule has 1 amide bonds. The summed E-state index contributed by atoms with van der Waals surface area (Å²) in [5.74, 6) is -0.0143. The number of nitrogens with zero attached hydrogens (tertiary/aromatic N) is 1. The van der Waals surface area contributed by atoms with Gasteiger partial charge in [0, 0.05) is 53.6 Å². The van der Waals surface area contributed by atoms with E-state index in [4.69, 9.17) is 11.6 Å². The van der Waals surface area contributed by atoms with Gasteiger partial charge in [-0.1, -0.05) is 48.0 Å². The number of carbonyl (C=O) groups excluding carboxylic acids is 2. The van der Waals surface area contributed by atoms with Crippen molar-refractivity contribution in [1.82, 2.24) is 9.88 Å². The number of hydrogen-bond acceptors (Lipinski definition) is 2. The van der Waals surface area contributed by atoms with E-state index in [0.29, 0.717) is 23.7 Å². The molecule has 0 unspecified atom stereocenters. The Morgan fingerprint density at radius 2 is 1.93 bits per heavy atom. The Balaban J connectivity index is 1.38. The predicted molar refractivity (Wildman–Crippen MR) is 117 cm³/mol. The normalized spacial score (nSPS) is 14.1. The second kappa shape index (κ2) is 8.26. The highest BCUT2D eigenvalue weighted by Gasteiger charge is 2.20. The summed E-state index contributed by atoms with van der Waals surface area (Å²) < 4.78 is 0.